The van der Waals surface area contributed by atoms with Gasteiger partial charge in [-0.2, -0.15) is 0 Å². The van der Waals surface area contributed by atoms with Gasteiger partial charge in [-0.05, 0) is 48.7 Å². The lowest BCUT2D eigenvalue weighted by molar-refractivity contribution is -0.132. The number of methoxy groups -OCH3 is 1. The molecule has 2 amide bonds. The predicted octanol–water partition coefficient (Wildman–Crippen LogP) is 3.84. The van der Waals surface area contributed by atoms with Crippen LogP contribution in [0.3, 0.4) is 0 Å². The lowest BCUT2D eigenvalue weighted by Gasteiger charge is -2.23. The summed E-state index contributed by atoms with van der Waals surface area (Å²) in [6, 6.07) is 13.7. The molecule has 32 heavy (non-hydrogen) atoms. The molecule has 0 heterocycles. The number of benzene rings is 2. The summed E-state index contributed by atoms with van der Waals surface area (Å²) in [4.78, 5) is 37.1. The van der Waals surface area contributed by atoms with Gasteiger partial charge in [-0.15, -0.1) is 0 Å². The molecule has 1 aliphatic carbocycles. The molecule has 7 heteroatoms. The van der Waals surface area contributed by atoms with Crippen LogP contribution in [0.1, 0.15) is 54.9 Å². The van der Waals surface area contributed by atoms with E-state index in [0.717, 1.165) is 25.7 Å². The Bertz CT molecular complexity index is 995. The normalized spacial score (nSPS) is 14.4. The van der Waals surface area contributed by atoms with Gasteiger partial charge in [-0.3, -0.25) is 14.4 Å². The fourth-order valence-corrected chi connectivity index (χ4v) is 3.63. The van der Waals surface area contributed by atoms with Crippen LogP contribution in [0.4, 0.5) is 0 Å². The summed E-state index contributed by atoms with van der Waals surface area (Å²) in [5.41, 5.74) is 1.19. The monoisotopic (exact) mass is 436 g/mol. The van der Waals surface area contributed by atoms with Crippen molar-refractivity contribution >= 4 is 23.9 Å². The fourth-order valence-electron chi connectivity index (χ4n) is 3.63. The molecular weight excluding hydrogens is 408 g/mol. The Kier molecular flexibility index (Phi) is 8.02. The molecule has 7 nitrogen and oxygen atoms in total. The van der Waals surface area contributed by atoms with Crippen LogP contribution in [0.5, 0.6) is 11.5 Å². The lowest BCUT2D eigenvalue weighted by Crippen LogP contribution is -2.41. The van der Waals surface area contributed by atoms with E-state index in [1.165, 1.54) is 20.5 Å². The average Bonchev–Trinajstić information content (AvgIpc) is 2.80. The smallest absolute Gasteiger partial charge is 0.308 e. The summed E-state index contributed by atoms with van der Waals surface area (Å²) >= 11 is 0. The van der Waals surface area contributed by atoms with E-state index in [1.807, 2.05) is 6.07 Å². The number of carbonyl (C=O) groups excluding carboxylic acids is 3. The van der Waals surface area contributed by atoms with E-state index in [-0.39, 0.29) is 29.3 Å². The Morgan fingerprint density at radius 1 is 0.969 bits per heavy atom. The van der Waals surface area contributed by atoms with E-state index in [0.29, 0.717) is 16.9 Å². The molecule has 2 N–H and O–H groups in total. The van der Waals surface area contributed by atoms with Crippen molar-refractivity contribution in [2.75, 3.05) is 7.11 Å². The Hall–Kier alpha value is -3.61. The van der Waals surface area contributed by atoms with Gasteiger partial charge in [0.05, 0.1) is 7.11 Å². The predicted molar refractivity (Wildman–Crippen MR) is 121 cm³/mol. The zero-order chi connectivity index (χ0) is 22.9. The summed E-state index contributed by atoms with van der Waals surface area (Å²) in [5.74, 6) is -0.563. The first-order valence-corrected chi connectivity index (χ1v) is 10.7. The molecule has 1 aliphatic rings. The molecule has 0 spiro atoms. The number of carbonyl (C=O) groups is 3. The maximum absolute atomic E-state index is 13.1. The molecular formula is C25H28N2O5. The highest BCUT2D eigenvalue weighted by Crippen LogP contribution is 2.29. The van der Waals surface area contributed by atoms with E-state index >= 15 is 0 Å². The van der Waals surface area contributed by atoms with Gasteiger partial charge in [-0.25, -0.2) is 0 Å². The van der Waals surface area contributed by atoms with Crippen molar-refractivity contribution in [2.24, 2.45) is 0 Å². The topological polar surface area (TPSA) is 93.7 Å². The van der Waals surface area contributed by atoms with Crippen molar-refractivity contribution in [3.63, 3.8) is 0 Å². The zero-order valence-corrected chi connectivity index (χ0v) is 18.4. The van der Waals surface area contributed by atoms with Crippen molar-refractivity contribution in [3.8, 4) is 11.5 Å². The van der Waals surface area contributed by atoms with Crippen LogP contribution in [0.25, 0.3) is 6.08 Å². The van der Waals surface area contributed by atoms with Gasteiger partial charge in [0, 0.05) is 18.5 Å². The van der Waals surface area contributed by atoms with Crippen molar-refractivity contribution < 1.29 is 23.9 Å². The van der Waals surface area contributed by atoms with Crippen LogP contribution >= 0.6 is 0 Å². The third-order valence-electron chi connectivity index (χ3n) is 5.22. The number of nitrogens with one attached hydrogen (secondary N) is 2. The number of esters is 1. The van der Waals surface area contributed by atoms with Gasteiger partial charge in [0.25, 0.3) is 11.8 Å². The van der Waals surface area contributed by atoms with Gasteiger partial charge < -0.3 is 20.1 Å². The first kappa shape index (κ1) is 23.1. The highest BCUT2D eigenvalue weighted by atomic mass is 16.6. The van der Waals surface area contributed by atoms with E-state index in [9.17, 15) is 14.4 Å². The van der Waals surface area contributed by atoms with Crippen molar-refractivity contribution in [3.05, 3.63) is 65.4 Å². The molecule has 1 fully saturated rings. The molecule has 1 saturated carbocycles. The summed E-state index contributed by atoms with van der Waals surface area (Å²) in [7, 11) is 1.46. The Labute approximate surface area is 187 Å². The SMILES string of the molecule is COc1cc(C=C(NC(=O)c2ccccc2)C(=O)NC2CCCCC2)ccc1OC(C)=O. The molecule has 0 aromatic heterocycles. The molecule has 0 saturated heterocycles. The minimum atomic E-state index is -0.464. The van der Waals surface area contributed by atoms with Gasteiger partial charge in [0.15, 0.2) is 11.5 Å². The number of hydrogen-bond acceptors (Lipinski definition) is 5. The summed E-state index contributed by atoms with van der Waals surface area (Å²) < 4.78 is 10.4. The third-order valence-corrected chi connectivity index (χ3v) is 5.22. The number of rotatable bonds is 7. The van der Waals surface area contributed by atoms with E-state index in [4.69, 9.17) is 9.47 Å². The largest absolute Gasteiger partial charge is 0.493 e. The summed E-state index contributed by atoms with van der Waals surface area (Å²) in [6.45, 7) is 1.31. The van der Waals surface area contributed by atoms with Gasteiger partial charge in [0.1, 0.15) is 5.70 Å². The van der Waals surface area contributed by atoms with Crippen LogP contribution in [-0.4, -0.2) is 30.9 Å². The van der Waals surface area contributed by atoms with E-state index in [1.54, 1.807) is 48.5 Å². The molecule has 168 valence electrons. The van der Waals surface area contributed by atoms with E-state index < -0.39 is 5.97 Å². The number of ether oxygens (including phenoxy) is 2. The Balaban J connectivity index is 1.88. The second-order valence-corrected chi connectivity index (χ2v) is 7.69. The van der Waals surface area contributed by atoms with Crippen LogP contribution in [0.2, 0.25) is 0 Å². The Morgan fingerprint density at radius 2 is 1.69 bits per heavy atom. The highest BCUT2D eigenvalue weighted by Gasteiger charge is 2.20. The van der Waals surface area contributed by atoms with Crippen molar-refractivity contribution in [1.82, 2.24) is 10.6 Å². The summed E-state index contributed by atoms with van der Waals surface area (Å²) in [5, 5.41) is 5.78. The molecule has 2 aromatic carbocycles. The van der Waals surface area contributed by atoms with Crippen molar-refractivity contribution in [2.45, 2.75) is 45.1 Å². The molecule has 0 bridgehead atoms. The minimum absolute atomic E-state index is 0.0918. The van der Waals surface area contributed by atoms with E-state index in [2.05, 4.69) is 10.6 Å². The summed E-state index contributed by atoms with van der Waals surface area (Å²) in [6.07, 6.45) is 6.77. The van der Waals surface area contributed by atoms with Gasteiger partial charge in [0.2, 0.25) is 0 Å². The molecule has 0 radical (unpaired) electrons. The van der Waals surface area contributed by atoms with Crippen LogP contribution in [-0.2, 0) is 9.59 Å². The zero-order valence-electron chi connectivity index (χ0n) is 18.4. The number of amides is 2. The van der Waals surface area contributed by atoms with Crippen LogP contribution < -0.4 is 20.1 Å². The van der Waals surface area contributed by atoms with Gasteiger partial charge >= 0.3 is 5.97 Å². The molecule has 2 aromatic rings. The van der Waals surface area contributed by atoms with Crippen LogP contribution in [0, 0.1) is 0 Å². The Morgan fingerprint density at radius 3 is 2.34 bits per heavy atom. The van der Waals surface area contributed by atoms with Crippen molar-refractivity contribution in [1.29, 1.82) is 0 Å². The standard InChI is InChI=1S/C25H28N2O5/c1-17(28)32-22-14-13-18(16-23(22)31-2)15-21(25(30)26-20-11-7-4-8-12-20)27-24(29)19-9-5-3-6-10-19/h3,5-6,9-10,13-16,20H,4,7-8,11-12H2,1-2H3,(H,26,30)(H,27,29). The fraction of sp³-hybridized carbons (Fsp3) is 0.320. The maximum Gasteiger partial charge on any atom is 0.308 e. The average molecular weight is 437 g/mol. The number of hydrogen-bond donors (Lipinski definition) is 2. The van der Waals surface area contributed by atoms with Gasteiger partial charge in [-0.1, -0.05) is 43.5 Å². The second kappa shape index (κ2) is 11.1. The quantitative estimate of drug-likeness (QED) is 0.391. The van der Waals surface area contributed by atoms with Crippen LogP contribution in [0.15, 0.2) is 54.2 Å². The first-order valence-electron chi connectivity index (χ1n) is 10.7. The second-order valence-electron chi connectivity index (χ2n) is 7.69. The molecule has 0 aliphatic heterocycles. The lowest BCUT2D eigenvalue weighted by atomic mass is 9.95. The highest BCUT2D eigenvalue weighted by molar-refractivity contribution is 6.05. The molecule has 3 rings (SSSR count). The first-order chi connectivity index (χ1) is 15.5. The minimum Gasteiger partial charge on any atom is -0.493 e. The molecule has 0 unspecified atom stereocenters. The maximum atomic E-state index is 13.1. The third kappa shape index (κ3) is 6.44. The molecule has 0 atom stereocenters.